The summed E-state index contributed by atoms with van der Waals surface area (Å²) in [6, 6.07) is 0. The Bertz CT molecular complexity index is 215. The Morgan fingerprint density at radius 3 is 2.92 bits per heavy atom. The second kappa shape index (κ2) is 4.39. The van der Waals surface area contributed by atoms with Crippen LogP contribution in [-0.4, -0.2) is 48.8 Å². The topological polar surface area (TPSA) is 49.8 Å². The van der Waals surface area contributed by atoms with E-state index in [1.54, 1.807) is 7.11 Å². The molecule has 0 aliphatic carbocycles. The summed E-state index contributed by atoms with van der Waals surface area (Å²) in [5, 5.41) is 8.61. The van der Waals surface area contributed by atoms with Gasteiger partial charge in [0.15, 0.2) is 0 Å². The average Bonchev–Trinajstić information content (AvgIpc) is 2.52. The Labute approximate surface area is 77.8 Å². The van der Waals surface area contributed by atoms with Crippen LogP contribution in [0.25, 0.3) is 0 Å². The summed E-state index contributed by atoms with van der Waals surface area (Å²) in [5.41, 5.74) is 0.247. The van der Waals surface area contributed by atoms with Crippen LogP contribution in [0.1, 0.15) is 6.42 Å². The fourth-order valence-electron chi connectivity index (χ4n) is 1.47. The molecule has 1 aliphatic rings. The number of carbonyl (C=O) groups is 1. The van der Waals surface area contributed by atoms with Crippen LogP contribution in [-0.2, 0) is 9.53 Å². The van der Waals surface area contributed by atoms with Crippen LogP contribution in [0, 0.1) is 0 Å². The minimum atomic E-state index is -0.916. The maximum Gasteiger partial charge on any atom is 0.332 e. The third kappa shape index (κ3) is 2.82. The van der Waals surface area contributed by atoms with Crippen LogP contribution >= 0.6 is 0 Å². The Morgan fingerprint density at radius 2 is 2.46 bits per heavy atom. The van der Waals surface area contributed by atoms with E-state index >= 15 is 0 Å². The predicted octanol–water partition coefficient (Wildman–Crippen LogP) is 0.348. The van der Waals surface area contributed by atoms with Crippen molar-refractivity contribution in [3.05, 3.63) is 12.2 Å². The van der Waals surface area contributed by atoms with Gasteiger partial charge < -0.3 is 9.84 Å². The first kappa shape index (κ1) is 10.2. The Hall–Kier alpha value is -0.870. The highest BCUT2D eigenvalue weighted by Gasteiger charge is 2.23. The molecule has 0 aromatic carbocycles. The molecule has 0 amide bonds. The molecule has 74 valence electrons. The lowest BCUT2D eigenvalue weighted by atomic mass is 10.3. The van der Waals surface area contributed by atoms with Gasteiger partial charge in [-0.25, -0.2) is 4.79 Å². The molecule has 1 atom stereocenters. The number of carboxylic acid groups (broad SMARTS) is 1. The minimum absolute atomic E-state index is 0.247. The number of aliphatic carboxylic acids is 1. The summed E-state index contributed by atoms with van der Waals surface area (Å²) in [5.74, 6) is -0.916. The number of nitrogens with zero attached hydrogens (tertiary/aromatic N) is 1. The SMILES string of the molecule is C=C(CN1CCC(OC)C1)C(=O)O. The highest BCUT2D eigenvalue weighted by Crippen LogP contribution is 2.12. The van der Waals surface area contributed by atoms with E-state index in [9.17, 15) is 4.79 Å². The second-order valence-electron chi connectivity index (χ2n) is 3.29. The summed E-state index contributed by atoms with van der Waals surface area (Å²) in [7, 11) is 1.68. The summed E-state index contributed by atoms with van der Waals surface area (Å²) in [6.45, 7) is 5.63. The Kier molecular flexibility index (Phi) is 3.45. The van der Waals surface area contributed by atoms with Crippen LogP contribution in [0.5, 0.6) is 0 Å². The molecular weight excluding hydrogens is 170 g/mol. The van der Waals surface area contributed by atoms with Gasteiger partial charge in [0.1, 0.15) is 0 Å². The number of hydrogen-bond acceptors (Lipinski definition) is 3. The van der Waals surface area contributed by atoms with E-state index in [0.29, 0.717) is 6.54 Å². The molecule has 1 aliphatic heterocycles. The highest BCUT2D eigenvalue weighted by atomic mass is 16.5. The van der Waals surface area contributed by atoms with Gasteiger partial charge in [-0.05, 0) is 6.42 Å². The van der Waals surface area contributed by atoms with Gasteiger partial charge in [-0.2, -0.15) is 0 Å². The van der Waals surface area contributed by atoms with Gasteiger partial charge in [0, 0.05) is 32.3 Å². The number of hydrogen-bond donors (Lipinski definition) is 1. The summed E-state index contributed by atoms with van der Waals surface area (Å²) >= 11 is 0. The molecule has 1 unspecified atom stereocenters. The molecule has 0 spiro atoms. The summed E-state index contributed by atoms with van der Waals surface area (Å²) in [6.07, 6.45) is 1.23. The number of likely N-dealkylation sites (tertiary alicyclic amines) is 1. The van der Waals surface area contributed by atoms with Gasteiger partial charge in [-0.15, -0.1) is 0 Å². The fourth-order valence-corrected chi connectivity index (χ4v) is 1.47. The van der Waals surface area contributed by atoms with Gasteiger partial charge in [0.25, 0.3) is 0 Å². The molecule has 1 N–H and O–H groups in total. The third-order valence-corrected chi connectivity index (χ3v) is 2.28. The Morgan fingerprint density at radius 1 is 1.77 bits per heavy atom. The quantitative estimate of drug-likeness (QED) is 0.642. The molecule has 0 aromatic rings. The molecule has 0 bridgehead atoms. The third-order valence-electron chi connectivity index (χ3n) is 2.28. The van der Waals surface area contributed by atoms with Gasteiger partial charge >= 0.3 is 5.97 Å². The maximum atomic E-state index is 10.5. The van der Waals surface area contributed by atoms with Crippen molar-refractivity contribution < 1.29 is 14.6 Å². The molecule has 0 aromatic heterocycles. The molecule has 1 saturated heterocycles. The van der Waals surface area contributed by atoms with Crippen molar-refractivity contribution in [2.45, 2.75) is 12.5 Å². The van der Waals surface area contributed by atoms with Crippen LogP contribution in [0.15, 0.2) is 12.2 Å². The second-order valence-corrected chi connectivity index (χ2v) is 3.29. The lowest BCUT2D eigenvalue weighted by molar-refractivity contribution is -0.132. The standard InChI is InChI=1S/C9H15NO3/c1-7(9(11)12)5-10-4-3-8(6-10)13-2/h8H,1,3-6H2,2H3,(H,11,12). The first-order valence-corrected chi connectivity index (χ1v) is 4.29. The Balaban J connectivity index is 2.32. The van der Waals surface area contributed by atoms with Gasteiger partial charge in [-0.1, -0.05) is 6.58 Å². The van der Waals surface area contributed by atoms with Crippen LogP contribution in [0.4, 0.5) is 0 Å². The number of rotatable bonds is 4. The monoisotopic (exact) mass is 185 g/mol. The van der Waals surface area contributed by atoms with Crippen molar-refractivity contribution in [1.82, 2.24) is 4.90 Å². The fraction of sp³-hybridized carbons (Fsp3) is 0.667. The zero-order chi connectivity index (χ0) is 9.84. The van der Waals surface area contributed by atoms with Crippen molar-refractivity contribution in [2.75, 3.05) is 26.7 Å². The normalized spacial score (nSPS) is 23.3. The van der Waals surface area contributed by atoms with Crippen molar-refractivity contribution >= 4 is 5.97 Å². The average molecular weight is 185 g/mol. The molecule has 1 heterocycles. The highest BCUT2D eigenvalue weighted by molar-refractivity contribution is 5.86. The molecular formula is C9H15NO3. The van der Waals surface area contributed by atoms with E-state index in [4.69, 9.17) is 9.84 Å². The van der Waals surface area contributed by atoms with E-state index in [1.165, 1.54) is 0 Å². The smallest absolute Gasteiger partial charge is 0.332 e. The van der Waals surface area contributed by atoms with Crippen molar-refractivity contribution in [2.24, 2.45) is 0 Å². The minimum Gasteiger partial charge on any atom is -0.478 e. The van der Waals surface area contributed by atoms with Crippen LogP contribution in [0.2, 0.25) is 0 Å². The van der Waals surface area contributed by atoms with E-state index in [1.807, 2.05) is 4.90 Å². The van der Waals surface area contributed by atoms with Crippen molar-refractivity contribution in [3.8, 4) is 0 Å². The summed E-state index contributed by atoms with van der Waals surface area (Å²) in [4.78, 5) is 12.5. The van der Waals surface area contributed by atoms with E-state index in [-0.39, 0.29) is 11.7 Å². The molecule has 13 heavy (non-hydrogen) atoms. The first-order valence-electron chi connectivity index (χ1n) is 4.29. The lowest BCUT2D eigenvalue weighted by Gasteiger charge is -2.14. The van der Waals surface area contributed by atoms with E-state index in [2.05, 4.69) is 6.58 Å². The molecule has 1 rings (SSSR count). The maximum absolute atomic E-state index is 10.5. The molecule has 0 saturated carbocycles. The zero-order valence-corrected chi connectivity index (χ0v) is 7.82. The van der Waals surface area contributed by atoms with Crippen molar-refractivity contribution in [3.63, 3.8) is 0 Å². The molecule has 4 nitrogen and oxygen atoms in total. The molecule has 1 fully saturated rings. The van der Waals surface area contributed by atoms with Crippen molar-refractivity contribution in [1.29, 1.82) is 0 Å². The number of methoxy groups -OCH3 is 1. The molecule has 4 heteroatoms. The largest absolute Gasteiger partial charge is 0.478 e. The number of carboxylic acids is 1. The predicted molar refractivity (Wildman–Crippen MR) is 48.6 cm³/mol. The van der Waals surface area contributed by atoms with E-state index in [0.717, 1.165) is 19.5 Å². The van der Waals surface area contributed by atoms with Crippen LogP contribution in [0.3, 0.4) is 0 Å². The van der Waals surface area contributed by atoms with Gasteiger partial charge in [0.05, 0.1) is 6.10 Å². The van der Waals surface area contributed by atoms with Crippen LogP contribution < -0.4 is 0 Å². The first-order chi connectivity index (χ1) is 6.13. The van der Waals surface area contributed by atoms with E-state index < -0.39 is 5.97 Å². The van der Waals surface area contributed by atoms with Gasteiger partial charge in [-0.3, -0.25) is 4.90 Å². The lowest BCUT2D eigenvalue weighted by Crippen LogP contribution is -2.26. The molecule has 0 radical (unpaired) electrons. The summed E-state index contributed by atoms with van der Waals surface area (Å²) < 4.78 is 5.16. The zero-order valence-electron chi connectivity index (χ0n) is 7.82. The van der Waals surface area contributed by atoms with Gasteiger partial charge in [0.2, 0.25) is 0 Å². The number of ether oxygens (including phenoxy) is 1.